The van der Waals surface area contributed by atoms with Crippen LogP contribution in [0.5, 0.6) is 5.75 Å². The smallest absolute Gasteiger partial charge is 0.115 e. The van der Waals surface area contributed by atoms with Crippen molar-refractivity contribution in [3.05, 3.63) is 29.8 Å². The van der Waals surface area contributed by atoms with Crippen LogP contribution in [-0.2, 0) is 6.42 Å². The molecule has 0 heterocycles. The van der Waals surface area contributed by atoms with Crippen molar-refractivity contribution in [2.45, 2.75) is 13.3 Å². The Bertz CT molecular complexity index is 292. The molecular formula is C11H16O3. The van der Waals surface area contributed by atoms with Crippen molar-refractivity contribution >= 4 is 0 Å². The molecule has 0 spiro atoms. The Kier molecular flexibility index (Phi) is 3.49. The van der Waals surface area contributed by atoms with Crippen molar-refractivity contribution < 1.29 is 15.3 Å². The lowest BCUT2D eigenvalue weighted by Gasteiger charge is -2.24. The van der Waals surface area contributed by atoms with E-state index in [1.165, 1.54) is 0 Å². The molecule has 0 aliphatic carbocycles. The van der Waals surface area contributed by atoms with Gasteiger partial charge in [0.05, 0.1) is 13.2 Å². The number of aliphatic hydroxyl groups is 2. The Balaban J connectivity index is 2.77. The Hall–Kier alpha value is -1.06. The first-order chi connectivity index (χ1) is 6.59. The Morgan fingerprint density at radius 2 is 1.86 bits per heavy atom. The zero-order valence-electron chi connectivity index (χ0n) is 8.27. The highest BCUT2D eigenvalue weighted by Crippen LogP contribution is 2.23. The number of aromatic hydroxyl groups is 1. The van der Waals surface area contributed by atoms with Gasteiger partial charge >= 0.3 is 0 Å². The van der Waals surface area contributed by atoms with Crippen molar-refractivity contribution in [1.82, 2.24) is 0 Å². The lowest BCUT2D eigenvalue weighted by atomic mass is 9.85. The third kappa shape index (κ3) is 2.72. The van der Waals surface area contributed by atoms with Crippen LogP contribution in [0.4, 0.5) is 0 Å². The summed E-state index contributed by atoms with van der Waals surface area (Å²) in [5, 5.41) is 27.4. The van der Waals surface area contributed by atoms with E-state index in [9.17, 15) is 5.11 Å². The van der Waals surface area contributed by atoms with Gasteiger partial charge in [0, 0.05) is 5.41 Å². The Morgan fingerprint density at radius 3 is 2.36 bits per heavy atom. The fraction of sp³-hybridized carbons (Fsp3) is 0.455. The van der Waals surface area contributed by atoms with Crippen LogP contribution in [0, 0.1) is 5.41 Å². The zero-order valence-corrected chi connectivity index (χ0v) is 8.27. The summed E-state index contributed by atoms with van der Waals surface area (Å²) in [6.45, 7) is 1.66. The SMILES string of the molecule is CC(CO)(CO)Cc1cccc(O)c1. The van der Waals surface area contributed by atoms with Crippen molar-refractivity contribution in [3.8, 4) is 5.75 Å². The summed E-state index contributed by atoms with van der Waals surface area (Å²) in [7, 11) is 0. The molecule has 1 rings (SSSR count). The van der Waals surface area contributed by atoms with Crippen molar-refractivity contribution in [3.63, 3.8) is 0 Å². The molecule has 0 aliphatic heterocycles. The van der Waals surface area contributed by atoms with Gasteiger partial charge in [0.1, 0.15) is 5.75 Å². The van der Waals surface area contributed by atoms with Crippen LogP contribution in [0.1, 0.15) is 12.5 Å². The van der Waals surface area contributed by atoms with Gasteiger partial charge in [0.25, 0.3) is 0 Å². The first-order valence-electron chi connectivity index (χ1n) is 4.59. The fourth-order valence-corrected chi connectivity index (χ4v) is 1.32. The lowest BCUT2D eigenvalue weighted by molar-refractivity contribution is 0.0703. The summed E-state index contributed by atoms with van der Waals surface area (Å²) in [5.41, 5.74) is 0.393. The van der Waals surface area contributed by atoms with Crippen LogP contribution in [0.3, 0.4) is 0 Å². The van der Waals surface area contributed by atoms with E-state index in [-0.39, 0.29) is 19.0 Å². The molecule has 78 valence electrons. The second-order valence-corrected chi connectivity index (χ2v) is 3.97. The average molecular weight is 196 g/mol. The molecule has 0 atom stereocenters. The maximum atomic E-state index is 9.23. The molecule has 0 aliphatic rings. The van der Waals surface area contributed by atoms with Crippen molar-refractivity contribution in [2.24, 2.45) is 5.41 Å². The van der Waals surface area contributed by atoms with Crippen LogP contribution in [-0.4, -0.2) is 28.5 Å². The third-order valence-corrected chi connectivity index (χ3v) is 2.30. The zero-order chi connectivity index (χ0) is 10.6. The third-order valence-electron chi connectivity index (χ3n) is 2.30. The second-order valence-electron chi connectivity index (χ2n) is 3.97. The van der Waals surface area contributed by atoms with Crippen LogP contribution in [0.2, 0.25) is 0 Å². The number of hydrogen-bond acceptors (Lipinski definition) is 3. The average Bonchev–Trinajstić information content (AvgIpc) is 2.18. The van der Waals surface area contributed by atoms with Crippen LogP contribution in [0.15, 0.2) is 24.3 Å². The van der Waals surface area contributed by atoms with Gasteiger partial charge in [-0.2, -0.15) is 0 Å². The lowest BCUT2D eigenvalue weighted by Crippen LogP contribution is -2.28. The summed E-state index contributed by atoms with van der Waals surface area (Å²) in [4.78, 5) is 0. The molecule has 0 saturated heterocycles. The number of aliphatic hydroxyl groups excluding tert-OH is 2. The second kappa shape index (κ2) is 4.44. The van der Waals surface area contributed by atoms with Crippen LogP contribution in [0.25, 0.3) is 0 Å². The standard InChI is InChI=1S/C11H16O3/c1-11(7-12,8-13)6-9-3-2-4-10(14)5-9/h2-5,12-14H,6-8H2,1H3. The van der Waals surface area contributed by atoms with Crippen molar-refractivity contribution in [2.75, 3.05) is 13.2 Å². The van der Waals surface area contributed by atoms with Gasteiger partial charge in [0.15, 0.2) is 0 Å². The van der Waals surface area contributed by atoms with Gasteiger partial charge in [-0.25, -0.2) is 0 Å². The Labute approximate surface area is 83.6 Å². The molecule has 0 unspecified atom stereocenters. The largest absolute Gasteiger partial charge is 0.508 e. The van der Waals surface area contributed by atoms with E-state index < -0.39 is 5.41 Å². The summed E-state index contributed by atoms with van der Waals surface area (Å²) < 4.78 is 0. The predicted octanol–water partition coefficient (Wildman–Crippen LogP) is 0.926. The highest BCUT2D eigenvalue weighted by atomic mass is 16.3. The quantitative estimate of drug-likeness (QED) is 0.671. The topological polar surface area (TPSA) is 60.7 Å². The highest BCUT2D eigenvalue weighted by molar-refractivity contribution is 5.27. The number of hydrogen-bond donors (Lipinski definition) is 3. The summed E-state index contributed by atoms with van der Waals surface area (Å²) in [5.74, 6) is 0.209. The molecule has 0 radical (unpaired) electrons. The Morgan fingerprint density at radius 1 is 1.21 bits per heavy atom. The molecule has 0 bridgehead atoms. The van der Waals surface area contributed by atoms with E-state index >= 15 is 0 Å². The maximum Gasteiger partial charge on any atom is 0.115 e. The number of phenolic OH excluding ortho intramolecular Hbond substituents is 1. The van der Waals surface area contributed by atoms with Gasteiger partial charge in [-0.15, -0.1) is 0 Å². The van der Waals surface area contributed by atoms with E-state index in [0.29, 0.717) is 6.42 Å². The normalized spacial score (nSPS) is 11.6. The van der Waals surface area contributed by atoms with Gasteiger partial charge in [-0.1, -0.05) is 19.1 Å². The molecule has 1 aromatic carbocycles. The van der Waals surface area contributed by atoms with Gasteiger partial charge < -0.3 is 15.3 Å². The van der Waals surface area contributed by atoms with Gasteiger partial charge in [-0.3, -0.25) is 0 Å². The molecule has 0 fully saturated rings. The van der Waals surface area contributed by atoms with E-state index in [1.807, 2.05) is 6.07 Å². The summed E-state index contributed by atoms with van der Waals surface area (Å²) in [6.07, 6.45) is 0.550. The van der Waals surface area contributed by atoms with Crippen molar-refractivity contribution in [1.29, 1.82) is 0 Å². The van der Waals surface area contributed by atoms with E-state index in [0.717, 1.165) is 5.56 Å². The number of benzene rings is 1. The van der Waals surface area contributed by atoms with Gasteiger partial charge in [0.2, 0.25) is 0 Å². The van der Waals surface area contributed by atoms with E-state index in [1.54, 1.807) is 25.1 Å². The molecule has 1 aromatic rings. The molecule has 3 nitrogen and oxygen atoms in total. The fourth-order valence-electron chi connectivity index (χ4n) is 1.32. The minimum atomic E-state index is -0.520. The van der Waals surface area contributed by atoms with E-state index in [2.05, 4.69) is 0 Å². The van der Waals surface area contributed by atoms with Gasteiger partial charge in [-0.05, 0) is 24.1 Å². The van der Waals surface area contributed by atoms with Crippen LogP contribution < -0.4 is 0 Å². The first kappa shape index (κ1) is 11.0. The van der Waals surface area contributed by atoms with Crippen LogP contribution >= 0.6 is 0 Å². The summed E-state index contributed by atoms with van der Waals surface area (Å²) >= 11 is 0. The highest BCUT2D eigenvalue weighted by Gasteiger charge is 2.22. The number of phenols is 1. The summed E-state index contributed by atoms with van der Waals surface area (Å²) in [6, 6.07) is 6.85. The van der Waals surface area contributed by atoms with E-state index in [4.69, 9.17) is 10.2 Å². The molecule has 3 N–H and O–H groups in total. The molecule has 0 amide bonds. The minimum absolute atomic E-state index is 0.0703. The molecule has 0 aromatic heterocycles. The molecule has 0 saturated carbocycles. The molecule has 3 heteroatoms. The maximum absolute atomic E-state index is 9.23. The monoisotopic (exact) mass is 196 g/mol. The predicted molar refractivity (Wildman–Crippen MR) is 54.1 cm³/mol. The molecule has 14 heavy (non-hydrogen) atoms. The minimum Gasteiger partial charge on any atom is -0.508 e. The first-order valence-corrected chi connectivity index (χ1v) is 4.59. The number of rotatable bonds is 4. The molecular weight excluding hydrogens is 180 g/mol.